The van der Waals surface area contributed by atoms with Crippen molar-refractivity contribution in [3.8, 4) is 0 Å². The molecule has 0 aromatic carbocycles. The third-order valence-corrected chi connectivity index (χ3v) is 3.64. The average molecular weight is 273 g/mol. The van der Waals surface area contributed by atoms with Crippen molar-refractivity contribution in [3.63, 3.8) is 0 Å². The first-order chi connectivity index (χ1) is 6.47. The minimum Gasteiger partial charge on any atom is -0.230 e. The van der Waals surface area contributed by atoms with E-state index in [0.717, 1.165) is 0 Å². The van der Waals surface area contributed by atoms with E-state index in [-0.39, 0.29) is 5.75 Å². The van der Waals surface area contributed by atoms with Gasteiger partial charge in [0, 0.05) is 16.4 Å². The van der Waals surface area contributed by atoms with Crippen LogP contribution in [-0.2, 0) is 9.05 Å². The smallest absolute Gasteiger partial charge is 0.230 e. The molecule has 0 N–H and O–H groups in total. The molecule has 0 aliphatic heterocycles. The molecule has 1 aromatic heterocycles. The van der Waals surface area contributed by atoms with Gasteiger partial charge in [0.1, 0.15) is 0 Å². The Bertz CT molecular complexity index is 393. The topological polar surface area (TPSA) is 59.9 Å². The number of rotatable bonds is 4. The van der Waals surface area contributed by atoms with Crippen molar-refractivity contribution in [2.24, 2.45) is 0 Å². The summed E-state index contributed by atoms with van der Waals surface area (Å²) in [6, 6.07) is 0. The van der Waals surface area contributed by atoms with E-state index in [1.165, 1.54) is 24.2 Å². The van der Waals surface area contributed by atoms with Crippen LogP contribution >= 0.6 is 34.0 Å². The molecule has 0 unspecified atom stereocenters. The first kappa shape index (κ1) is 12.0. The zero-order valence-corrected chi connectivity index (χ0v) is 10.00. The van der Waals surface area contributed by atoms with Gasteiger partial charge in [-0.05, 0) is 0 Å². The molecule has 0 saturated carbocycles. The average Bonchev–Trinajstić information content (AvgIpc) is 2.06. The summed E-state index contributed by atoms with van der Waals surface area (Å²) in [5.74, 6) is 0.221. The number of aromatic nitrogens is 2. The molecule has 0 aliphatic rings. The summed E-state index contributed by atoms with van der Waals surface area (Å²) in [6.45, 7) is 0. The van der Waals surface area contributed by atoms with Crippen LogP contribution in [0.5, 0.6) is 0 Å². The zero-order valence-electron chi connectivity index (χ0n) is 6.85. The van der Waals surface area contributed by atoms with Gasteiger partial charge in [-0.3, -0.25) is 0 Å². The molecule has 78 valence electrons. The molecule has 1 aromatic rings. The summed E-state index contributed by atoms with van der Waals surface area (Å²) in [4.78, 5) is 7.76. The maximum Gasteiger partial charge on any atom is 0.233 e. The molecule has 1 rings (SSSR count). The summed E-state index contributed by atoms with van der Waals surface area (Å²) in [6.07, 6.45) is 2.90. The summed E-state index contributed by atoms with van der Waals surface area (Å²) in [7, 11) is 1.59. The minimum atomic E-state index is -3.43. The van der Waals surface area contributed by atoms with Crippen LogP contribution in [0.3, 0.4) is 0 Å². The lowest BCUT2D eigenvalue weighted by molar-refractivity contribution is 0.611. The van der Waals surface area contributed by atoms with Gasteiger partial charge in [-0.1, -0.05) is 23.4 Å². The van der Waals surface area contributed by atoms with Gasteiger partial charge in [0.15, 0.2) is 5.16 Å². The van der Waals surface area contributed by atoms with Crippen molar-refractivity contribution >= 4 is 43.1 Å². The quantitative estimate of drug-likeness (QED) is 0.475. The highest BCUT2D eigenvalue weighted by Crippen LogP contribution is 2.14. The molecular weight excluding hydrogens is 267 g/mol. The molecule has 1 heterocycles. The van der Waals surface area contributed by atoms with E-state index in [1.807, 2.05) is 0 Å². The SMILES string of the molecule is O=S(=O)(Cl)CCSc1ncc(Cl)cn1. The van der Waals surface area contributed by atoms with Gasteiger partial charge in [-0.15, -0.1) is 0 Å². The van der Waals surface area contributed by atoms with Gasteiger partial charge in [-0.2, -0.15) is 0 Å². The Hall–Kier alpha value is -0.0400. The summed E-state index contributed by atoms with van der Waals surface area (Å²) < 4.78 is 21.1. The van der Waals surface area contributed by atoms with Crippen LogP contribution in [0.1, 0.15) is 0 Å². The minimum absolute atomic E-state index is 0.106. The van der Waals surface area contributed by atoms with Gasteiger partial charge in [0.2, 0.25) is 9.05 Å². The highest BCUT2D eigenvalue weighted by Gasteiger charge is 2.06. The summed E-state index contributed by atoms with van der Waals surface area (Å²) in [5, 5.41) is 0.925. The Kier molecular flexibility index (Phi) is 4.43. The molecule has 8 heteroatoms. The molecule has 0 spiro atoms. The highest BCUT2D eigenvalue weighted by molar-refractivity contribution is 8.14. The fourth-order valence-electron chi connectivity index (χ4n) is 0.607. The van der Waals surface area contributed by atoms with Gasteiger partial charge >= 0.3 is 0 Å². The predicted octanol–water partition coefficient (Wildman–Crippen LogP) is 1.79. The molecule has 14 heavy (non-hydrogen) atoms. The second kappa shape index (κ2) is 5.16. The molecule has 0 atom stereocenters. The van der Waals surface area contributed by atoms with E-state index < -0.39 is 9.05 Å². The number of thioether (sulfide) groups is 1. The zero-order chi connectivity index (χ0) is 10.6. The maximum atomic E-state index is 10.6. The van der Waals surface area contributed by atoms with Crippen molar-refractivity contribution in [1.29, 1.82) is 0 Å². The molecule has 0 saturated heterocycles. The van der Waals surface area contributed by atoms with Crippen LogP contribution in [0.25, 0.3) is 0 Å². The molecule has 0 radical (unpaired) electrons. The maximum absolute atomic E-state index is 10.6. The fourth-order valence-corrected chi connectivity index (χ4v) is 2.84. The van der Waals surface area contributed by atoms with Crippen LogP contribution in [0.2, 0.25) is 5.02 Å². The van der Waals surface area contributed by atoms with Crippen molar-refractivity contribution in [2.45, 2.75) is 5.16 Å². The first-order valence-corrected chi connectivity index (χ1v) is 7.34. The third-order valence-electron chi connectivity index (χ3n) is 1.15. The lowest BCUT2D eigenvalue weighted by Crippen LogP contribution is -2.00. The Morgan fingerprint density at radius 1 is 1.36 bits per heavy atom. The van der Waals surface area contributed by atoms with Gasteiger partial charge in [0.25, 0.3) is 0 Å². The van der Waals surface area contributed by atoms with E-state index in [0.29, 0.717) is 15.9 Å². The predicted molar refractivity (Wildman–Crippen MR) is 57.4 cm³/mol. The van der Waals surface area contributed by atoms with Crippen molar-refractivity contribution in [1.82, 2.24) is 9.97 Å². The Morgan fingerprint density at radius 3 is 2.43 bits per heavy atom. The van der Waals surface area contributed by atoms with E-state index in [1.54, 1.807) is 0 Å². The van der Waals surface area contributed by atoms with Crippen LogP contribution in [0.15, 0.2) is 17.6 Å². The number of hydrogen-bond donors (Lipinski definition) is 0. The van der Waals surface area contributed by atoms with Crippen LogP contribution in [0, 0.1) is 0 Å². The van der Waals surface area contributed by atoms with Gasteiger partial charge < -0.3 is 0 Å². The summed E-state index contributed by atoms with van der Waals surface area (Å²) >= 11 is 6.78. The van der Waals surface area contributed by atoms with Crippen LogP contribution in [-0.4, -0.2) is 29.9 Å². The Balaban J connectivity index is 2.43. The number of hydrogen-bond acceptors (Lipinski definition) is 5. The van der Waals surface area contributed by atoms with E-state index in [9.17, 15) is 8.42 Å². The second-order valence-electron chi connectivity index (χ2n) is 2.28. The second-order valence-corrected chi connectivity index (χ2v) is 6.67. The van der Waals surface area contributed by atoms with E-state index in [4.69, 9.17) is 22.3 Å². The highest BCUT2D eigenvalue weighted by atomic mass is 35.7. The molecule has 0 bridgehead atoms. The monoisotopic (exact) mass is 272 g/mol. The number of nitrogens with zero attached hydrogens (tertiary/aromatic N) is 2. The van der Waals surface area contributed by atoms with Crippen LogP contribution in [0.4, 0.5) is 0 Å². The largest absolute Gasteiger partial charge is 0.233 e. The lowest BCUT2D eigenvalue weighted by atomic mass is 10.7. The van der Waals surface area contributed by atoms with E-state index >= 15 is 0 Å². The van der Waals surface area contributed by atoms with Gasteiger partial charge in [-0.25, -0.2) is 18.4 Å². The summed E-state index contributed by atoms with van der Waals surface area (Å²) in [5.41, 5.74) is 0. The molecule has 0 fully saturated rings. The molecule has 4 nitrogen and oxygen atoms in total. The lowest BCUT2D eigenvalue weighted by Gasteiger charge is -1.97. The molecule has 0 amide bonds. The number of halogens is 2. The van der Waals surface area contributed by atoms with Crippen molar-refractivity contribution in [3.05, 3.63) is 17.4 Å². The van der Waals surface area contributed by atoms with Crippen LogP contribution < -0.4 is 0 Å². The molecule has 0 aliphatic carbocycles. The van der Waals surface area contributed by atoms with E-state index in [2.05, 4.69) is 9.97 Å². The van der Waals surface area contributed by atoms with Crippen molar-refractivity contribution < 1.29 is 8.42 Å². The first-order valence-electron chi connectivity index (χ1n) is 3.50. The normalized spacial score (nSPS) is 11.6. The third kappa shape index (κ3) is 4.99. The molecular formula is C6H6Cl2N2O2S2. The fraction of sp³-hybridized carbons (Fsp3) is 0.333. The van der Waals surface area contributed by atoms with Crippen molar-refractivity contribution in [2.75, 3.05) is 11.5 Å². The standard InChI is InChI=1S/C6H6Cl2N2O2S2/c7-5-3-9-6(10-4-5)13-1-2-14(8,11)12/h3-4H,1-2H2. The van der Waals surface area contributed by atoms with Gasteiger partial charge in [0.05, 0.1) is 23.2 Å². The Labute approximate surface area is 95.5 Å². The Morgan fingerprint density at radius 2 is 1.93 bits per heavy atom.